The van der Waals surface area contributed by atoms with Crippen molar-refractivity contribution in [2.24, 2.45) is 33.8 Å². The van der Waals surface area contributed by atoms with Crippen LogP contribution in [0.25, 0.3) is 0 Å². The molecule has 1 aliphatic rings. The molecule has 14 nitrogen and oxygen atoms in total. The normalized spacial score (nSPS) is 17.8. The summed E-state index contributed by atoms with van der Waals surface area (Å²) in [4.78, 5) is 66.7. The summed E-state index contributed by atoms with van der Waals surface area (Å²) in [5, 5.41) is 14.6. The molecular weight excluding hydrogens is 460 g/mol. The van der Waals surface area contributed by atoms with Crippen molar-refractivity contribution in [3.05, 3.63) is 0 Å². The molecule has 1 rings (SSSR count). The molecule has 11 N–H and O–H groups in total. The standard InChI is InChI=1S/C21H38N8O6/c1-11(2)16(23)18(32)27-12(5-3-9-26-21(24)25)17(31)28-13(7-8-15(22)30)19(33)29-10-4-6-14(29)20(34)35/h11-14,16H,3-10,23H2,1-2H3,(H2,22,30)(H,27,32)(H,28,31)(H,34,35)(H4,24,25,26). The monoisotopic (exact) mass is 498 g/mol. The van der Waals surface area contributed by atoms with Gasteiger partial charge in [0.05, 0.1) is 6.04 Å². The van der Waals surface area contributed by atoms with Crippen molar-refractivity contribution in [3.8, 4) is 0 Å². The number of aliphatic imine (C=N–C) groups is 1. The highest BCUT2D eigenvalue weighted by Crippen LogP contribution is 2.20. The van der Waals surface area contributed by atoms with Crippen LogP contribution in [0.4, 0.5) is 0 Å². The fourth-order valence-electron chi connectivity index (χ4n) is 3.65. The van der Waals surface area contributed by atoms with Gasteiger partial charge in [-0.3, -0.25) is 24.2 Å². The Bertz CT molecular complexity index is 814. The van der Waals surface area contributed by atoms with Crippen molar-refractivity contribution in [3.63, 3.8) is 0 Å². The van der Waals surface area contributed by atoms with E-state index in [0.717, 1.165) is 0 Å². The van der Waals surface area contributed by atoms with Gasteiger partial charge in [0.15, 0.2) is 5.96 Å². The molecule has 198 valence electrons. The lowest BCUT2D eigenvalue weighted by atomic mass is 10.0. The zero-order valence-electron chi connectivity index (χ0n) is 20.2. The van der Waals surface area contributed by atoms with E-state index in [-0.39, 0.29) is 50.7 Å². The lowest BCUT2D eigenvalue weighted by Gasteiger charge is -2.29. The maximum atomic E-state index is 13.1. The molecule has 1 fully saturated rings. The molecule has 0 aromatic rings. The predicted molar refractivity (Wildman–Crippen MR) is 127 cm³/mol. The maximum absolute atomic E-state index is 13.1. The third kappa shape index (κ3) is 9.76. The first-order valence-electron chi connectivity index (χ1n) is 11.6. The van der Waals surface area contributed by atoms with Crippen LogP contribution < -0.4 is 33.6 Å². The van der Waals surface area contributed by atoms with E-state index >= 15 is 0 Å². The van der Waals surface area contributed by atoms with Crippen molar-refractivity contribution < 1.29 is 29.1 Å². The number of carboxylic acid groups (broad SMARTS) is 1. The minimum atomic E-state index is -1.20. The van der Waals surface area contributed by atoms with Crippen LogP contribution in [0.2, 0.25) is 0 Å². The Morgan fingerprint density at radius 3 is 2.20 bits per heavy atom. The average Bonchev–Trinajstić information content (AvgIpc) is 3.27. The van der Waals surface area contributed by atoms with Gasteiger partial charge >= 0.3 is 5.97 Å². The summed E-state index contributed by atoms with van der Waals surface area (Å²) in [5.74, 6) is -4.00. The summed E-state index contributed by atoms with van der Waals surface area (Å²) < 4.78 is 0. The van der Waals surface area contributed by atoms with Crippen LogP contribution in [-0.2, 0) is 24.0 Å². The molecule has 0 aliphatic carbocycles. The number of nitrogens with two attached hydrogens (primary N) is 4. The highest BCUT2D eigenvalue weighted by molar-refractivity contribution is 5.94. The molecule has 35 heavy (non-hydrogen) atoms. The van der Waals surface area contributed by atoms with Gasteiger partial charge in [0.2, 0.25) is 23.6 Å². The third-order valence-corrected chi connectivity index (χ3v) is 5.71. The number of hydrogen-bond donors (Lipinski definition) is 7. The minimum Gasteiger partial charge on any atom is -0.480 e. The summed E-state index contributed by atoms with van der Waals surface area (Å²) in [6.45, 7) is 3.92. The number of guanidine groups is 1. The average molecular weight is 499 g/mol. The van der Waals surface area contributed by atoms with E-state index in [0.29, 0.717) is 12.8 Å². The van der Waals surface area contributed by atoms with E-state index in [2.05, 4.69) is 15.6 Å². The van der Waals surface area contributed by atoms with Crippen LogP contribution >= 0.6 is 0 Å². The lowest BCUT2D eigenvalue weighted by Crippen LogP contribution is -2.57. The van der Waals surface area contributed by atoms with Gasteiger partial charge in [0.25, 0.3) is 0 Å². The summed E-state index contributed by atoms with van der Waals surface area (Å²) in [5.41, 5.74) is 21.7. The van der Waals surface area contributed by atoms with E-state index in [1.165, 1.54) is 4.90 Å². The second kappa shape index (κ2) is 14.1. The van der Waals surface area contributed by atoms with Gasteiger partial charge in [0.1, 0.15) is 18.1 Å². The largest absolute Gasteiger partial charge is 0.480 e. The van der Waals surface area contributed by atoms with Crippen molar-refractivity contribution >= 4 is 35.6 Å². The molecule has 1 heterocycles. The Kier molecular flexibility index (Phi) is 11.9. The van der Waals surface area contributed by atoms with Crippen molar-refractivity contribution in [1.82, 2.24) is 15.5 Å². The fraction of sp³-hybridized carbons (Fsp3) is 0.714. The Labute approximate surface area is 204 Å². The second-order valence-electron chi connectivity index (χ2n) is 8.87. The molecule has 0 aromatic carbocycles. The Morgan fingerprint density at radius 2 is 1.66 bits per heavy atom. The highest BCUT2D eigenvalue weighted by atomic mass is 16.4. The number of nitrogens with zero attached hydrogens (tertiary/aromatic N) is 2. The number of amides is 4. The predicted octanol–water partition coefficient (Wildman–Crippen LogP) is -2.67. The molecule has 1 aliphatic heterocycles. The van der Waals surface area contributed by atoms with E-state index < -0.39 is 53.8 Å². The summed E-state index contributed by atoms with van der Waals surface area (Å²) in [7, 11) is 0. The highest BCUT2D eigenvalue weighted by Gasteiger charge is 2.38. The first kappa shape index (κ1) is 29.6. The van der Waals surface area contributed by atoms with Crippen LogP contribution in [0, 0.1) is 5.92 Å². The number of likely N-dealkylation sites (tertiary alicyclic amines) is 1. The summed E-state index contributed by atoms with van der Waals surface area (Å²) in [6, 6.07) is -4.16. The Morgan fingerprint density at radius 1 is 1.03 bits per heavy atom. The molecule has 0 spiro atoms. The Balaban J connectivity index is 3.06. The fourth-order valence-corrected chi connectivity index (χ4v) is 3.65. The van der Waals surface area contributed by atoms with Gasteiger partial charge in [-0.25, -0.2) is 4.79 Å². The molecule has 4 atom stereocenters. The second-order valence-corrected chi connectivity index (χ2v) is 8.87. The topological polar surface area (TPSA) is 249 Å². The quantitative estimate of drug-likeness (QED) is 0.0748. The molecule has 0 radical (unpaired) electrons. The number of primary amides is 1. The summed E-state index contributed by atoms with van der Waals surface area (Å²) in [6.07, 6.45) is 0.923. The van der Waals surface area contributed by atoms with Crippen LogP contribution in [0.3, 0.4) is 0 Å². The van der Waals surface area contributed by atoms with Crippen molar-refractivity contribution in [2.75, 3.05) is 13.1 Å². The molecule has 4 unspecified atom stereocenters. The van der Waals surface area contributed by atoms with Gasteiger partial charge in [0, 0.05) is 19.5 Å². The van der Waals surface area contributed by atoms with E-state index in [4.69, 9.17) is 22.9 Å². The smallest absolute Gasteiger partial charge is 0.326 e. The van der Waals surface area contributed by atoms with Crippen molar-refractivity contribution in [2.45, 2.75) is 76.5 Å². The SMILES string of the molecule is CC(C)C(N)C(=O)NC(CCCN=C(N)N)C(=O)NC(CCC(N)=O)C(=O)N1CCCC1C(=O)O. The number of nitrogens with one attached hydrogen (secondary N) is 2. The number of aliphatic carboxylic acids is 1. The zero-order valence-corrected chi connectivity index (χ0v) is 20.2. The zero-order chi connectivity index (χ0) is 26.7. The van der Waals surface area contributed by atoms with Crippen LogP contribution in [0.1, 0.15) is 52.4 Å². The van der Waals surface area contributed by atoms with Gasteiger partial charge in [-0.05, 0) is 38.0 Å². The van der Waals surface area contributed by atoms with E-state index in [1.54, 1.807) is 13.8 Å². The number of hydrogen-bond acceptors (Lipinski definition) is 7. The molecule has 0 bridgehead atoms. The molecule has 1 saturated heterocycles. The minimum absolute atomic E-state index is 0.118. The lowest BCUT2D eigenvalue weighted by molar-refractivity contribution is -0.149. The molecule has 0 saturated carbocycles. The maximum Gasteiger partial charge on any atom is 0.326 e. The van der Waals surface area contributed by atoms with Gasteiger partial charge in [-0.15, -0.1) is 0 Å². The van der Waals surface area contributed by atoms with E-state index in [9.17, 15) is 29.1 Å². The van der Waals surface area contributed by atoms with Gasteiger partial charge < -0.3 is 43.6 Å². The summed E-state index contributed by atoms with van der Waals surface area (Å²) >= 11 is 0. The molecule has 4 amide bonds. The van der Waals surface area contributed by atoms with Gasteiger partial charge in [-0.1, -0.05) is 13.8 Å². The van der Waals surface area contributed by atoms with E-state index in [1.807, 2.05) is 0 Å². The van der Waals surface area contributed by atoms with Crippen LogP contribution in [0.15, 0.2) is 4.99 Å². The number of carbonyl (C=O) groups is 5. The van der Waals surface area contributed by atoms with Crippen LogP contribution in [0.5, 0.6) is 0 Å². The molecule has 14 heteroatoms. The number of carboxylic acids is 1. The first-order chi connectivity index (χ1) is 16.3. The Hall–Kier alpha value is -3.42. The number of carbonyl (C=O) groups excluding carboxylic acids is 4. The molecular formula is C21H38N8O6. The number of rotatable bonds is 14. The van der Waals surface area contributed by atoms with Crippen LogP contribution in [-0.4, -0.2) is 82.8 Å². The van der Waals surface area contributed by atoms with Gasteiger partial charge in [-0.2, -0.15) is 0 Å². The molecule has 0 aromatic heterocycles. The third-order valence-electron chi connectivity index (χ3n) is 5.71. The van der Waals surface area contributed by atoms with Crippen molar-refractivity contribution in [1.29, 1.82) is 0 Å². The first-order valence-corrected chi connectivity index (χ1v) is 11.6.